The van der Waals surface area contributed by atoms with Crippen LogP contribution < -0.4 is 0 Å². The van der Waals surface area contributed by atoms with Crippen molar-refractivity contribution < 1.29 is 4.43 Å². The summed E-state index contributed by atoms with van der Waals surface area (Å²) in [6.45, 7) is 6.20. The van der Waals surface area contributed by atoms with Crippen LogP contribution in [0, 0.1) is 11.3 Å². The molecule has 0 aliphatic heterocycles. The Morgan fingerprint density at radius 1 is 1.36 bits per heavy atom. The second kappa shape index (κ2) is 4.36. The van der Waals surface area contributed by atoms with E-state index in [0.717, 1.165) is 5.56 Å². The zero-order valence-electron chi connectivity index (χ0n) is 8.69. The maximum atomic E-state index is 8.97. The van der Waals surface area contributed by atoms with Gasteiger partial charge in [0, 0.05) is 12.4 Å². The fourth-order valence-electron chi connectivity index (χ4n) is 1.06. The van der Waals surface area contributed by atoms with Gasteiger partial charge in [-0.1, -0.05) is 0 Å². The molecule has 0 spiro atoms. The molecule has 0 aromatic carbocycles. The summed E-state index contributed by atoms with van der Waals surface area (Å²) in [7, 11) is -1.67. The minimum Gasteiger partial charge on any atom is -0.399 e. The van der Waals surface area contributed by atoms with Gasteiger partial charge in [-0.3, -0.25) is 4.98 Å². The van der Waals surface area contributed by atoms with Crippen LogP contribution in [0.1, 0.15) is 11.7 Å². The minimum atomic E-state index is -1.67. The number of hydrogen-bond donors (Lipinski definition) is 0. The number of rotatable bonds is 3. The third kappa shape index (κ3) is 3.28. The summed E-state index contributed by atoms with van der Waals surface area (Å²) in [5.74, 6) is 0. The summed E-state index contributed by atoms with van der Waals surface area (Å²) in [6.07, 6.45) is 2.89. The molecule has 14 heavy (non-hydrogen) atoms. The molecule has 1 rings (SSSR count). The molecule has 1 atom stereocenters. The summed E-state index contributed by atoms with van der Waals surface area (Å²) in [6, 6.07) is 5.79. The van der Waals surface area contributed by atoms with E-state index in [2.05, 4.69) is 30.7 Å². The number of nitrogens with zero attached hydrogens (tertiary/aromatic N) is 2. The lowest BCUT2D eigenvalue weighted by molar-refractivity contribution is 0.255. The Kier molecular flexibility index (Phi) is 3.39. The largest absolute Gasteiger partial charge is 0.399 e. The maximum Gasteiger partial charge on any atom is 0.186 e. The van der Waals surface area contributed by atoms with Crippen molar-refractivity contribution in [1.29, 1.82) is 5.26 Å². The van der Waals surface area contributed by atoms with Crippen molar-refractivity contribution in [3.63, 3.8) is 0 Å². The molecule has 0 radical (unpaired) electrons. The minimum absolute atomic E-state index is 0.454. The van der Waals surface area contributed by atoms with Crippen molar-refractivity contribution in [2.45, 2.75) is 25.7 Å². The van der Waals surface area contributed by atoms with Gasteiger partial charge in [0.15, 0.2) is 14.4 Å². The second-order valence-electron chi connectivity index (χ2n) is 4.02. The number of pyridine rings is 1. The molecule has 74 valence electrons. The molecule has 1 unspecified atom stereocenters. The van der Waals surface area contributed by atoms with E-state index in [4.69, 9.17) is 9.69 Å². The molecule has 0 fully saturated rings. The smallest absolute Gasteiger partial charge is 0.186 e. The molecule has 3 nitrogen and oxygen atoms in total. The van der Waals surface area contributed by atoms with Gasteiger partial charge in [-0.25, -0.2) is 0 Å². The average molecular weight is 206 g/mol. The topological polar surface area (TPSA) is 45.9 Å². The zero-order valence-corrected chi connectivity index (χ0v) is 9.69. The van der Waals surface area contributed by atoms with Crippen molar-refractivity contribution in [2.75, 3.05) is 0 Å². The third-order valence-corrected chi connectivity index (χ3v) is 2.54. The van der Waals surface area contributed by atoms with Crippen LogP contribution in [-0.4, -0.2) is 13.3 Å². The van der Waals surface area contributed by atoms with E-state index < -0.39 is 14.4 Å². The van der Waals surface area contributed by atoms with Crippen LogP contribution in [0.25, 0.3) is 0 Å². The molecule has 0 N–H and O–H groups in total. The first kappa shape index (κ1) is 10.9. The van der Waals surface area contributed by atoms with Crippen molar-refractivity contribution in [3.05, 3.63) is 30.1 Å². The van der Waals surface area contributed by atoms with Crippen LogP contribution in [0.4, 0.5) is 0 Å². The number of hydrogen-bond acceptors (Lipinski definition) is 3. The monoisotopic (exact) mass is 206 g/mol. The molecular weight excluding hydrogens is 192 g/mol. The Morgan fingerprint density at radius 2 is 1.93 bits per heavy atom. The van der Waals surface area contributed by atoms with E-state index in [1.54, 1.807) is 12.4 Å². The van der Waals surface area contributed by atoms with Crippen LogP contribution in [0.2, 0.25) is 19.6 Å². The van der Waals surface area contributed by atoms with Gasteiger partial charge >= 0.3 is 0 Å². The highest BCUT2D eigenvalue weighted by atomic mass is 28.4. The van der Waals surface area contributed by atoms with E-state index in [9.17, 15) is 0 Å². The molecule has 0 saturated carbocycles. The van der Waals surface area contributed by atoms with Gasteiger partial charge in [0.05, 0.1) is 6.07 Å². The Morgan fingerprint density at radius 3 is 2.36 bits per heavy atom. The Bertz CT molecular complexity index is 326. The van der Waals surface area contributed by atoms with Crippen LogP contribution in [-0.2, 0) is 4.43 Å². The van der Waals surface area contributed by atoms with E-state index in [0.29, 0.717) is 0 Å². The van der Waals surface area contributed by atoms with Gasteiger partial charge in [0.25, 0.3) is 0 Å². The molecule has 0 aliphatic rings. The van der Waals surface area contributed by atoms with Gasteiger partial charge in [0.2, 0.25) is 0 Å². The molecular formula is C10H14N2OSi. The Hall–Kier alpha value is -1.18. The molecule has 0 amide bonds. The van der Waals surface area contributed by atoms with Crippen LogP contribution in [0.15, 0.2) is 24.5 Å². The van der Waals surface area contributed by atoms with Gasteiger partial charge in [-0.15, -0.1) is 0 Å². The predicted molar refractivity (Wildman–Crippen MR) is 57.0 cm³/mol. The lowest BCUT2D eigenvalue weighted by atomic mass is 10.2. The molecule has 0 bridgehead atoms. The summed E-state index contributed by atoms with van der Waals surface area (Å²) >= 11 is 0. The summed E-state index contributed by atoms with van der Waals surface area (Å²) < 4.78 is 5.72. The number of nitriles is 1. The average Bonchev–Trinajstić information content (AvgIpc) is 2.14. The van der Waals surface area contributed by atoms with Crippen molar-refractivity contribution in [3.8, 4) is 6.07 Å². The lowest BCUT2D eigenvalue weighted by Crippen LogP contribution is -2.27. The van der Waals surface area contributed by atoms with Gasteiger partial charge in [0.1, 0.15) is 0 Å². The quantitative estimate of drug-likeness (QED) is 0.714. The third-order valence-electron chi connectivity index (χ3n) is 1.60. The SMILES string of the molecule is C[Si](C)(C)OC(C#N)c1ccncc1. The van der Waals surface area contributed by atoms with Crippen molar-refractivity contribution in [2.24, 2.45) is 0 Å². The molecule has 1 aromatic heterocycles. The Balaban J connectivity index is 2.80. The van der Waals surface area contributed by atoms with E-state index >= 15 is 0 Å². The van der Waals surface area contributed by atoms with E-state index in [1.165, 1.54) is 0 Å². The van der Waals surface area contributed by atoms with Crippen molar-refractivity contribution >= 4 is 8.32 Å². The Labute approximate surface area is 85.5 Å². The summed E-state index contributed by atoms with van der Waals surface area (Å²) in [5, 5.41) is 8.97. The summed E-state index contributed by atoms with van der Waals surface area (Å²) in [5.41, 5.74) is 0.880. The maximum absolute atomic E-state index is 8.97. The lowest BCUT2D eigenvalue weighted by Gasteiger charge is -2.21. The normalized spacial score (nSPS) is 13.3. The van der Waals surface area contributed by atoms with Crippen LogP contribution in [0.5, 0.6) is 0 Å². The second-order valence-corrected chi connectivity index (χ2v) is 8.48. The fourth-order valence-corrected chi connectivity index (χ4v) is 1.96. The van der Waals surface area contributed by atoms with Gasteiger partial charge < -0.3 is 4.43 Å². The molecule has 0 saturated heterocycles. The van der Waals surface area contributed by atoms with Gasteiger partial charge in [-0.05, 0) is 37.3 Å². The first-order valence-electron chi connectivity index (χ1n) is 4.50. The number of aromatic nitrogens is 1. The highest BCUT2D eigenvalue weighted by molar-refractivity contribution is 6.69. The molecule has 4 heteroatoms. The first-order valence-corrected chi connectivity index (χ1v) is 7.91. The van der Waals surface area contributed by atoms with Crippen LogP contribution >= 0.6 is 0 Å². The highest BCUT2D eigenvalue weighted by Crippen LogP contribution is 2.20. The van der Waals surface area contributed by atoms with Crippen LogP contribution in [0.3, 0.4) is 0 Å². The fraction of sp³-hybridized carbons (Fsp3) is 0.400. The van der Waals surface area contributed by atoms with E-state index in [-0.39, 0.29) is 0 Å². The van der Waals surface area contributed by atoms with E-state index in [1.807, 2.05) is 12.1 Å². The standard InChI is InChI=1S/C10H14N2OSi/c1-14(2,3)13-10(8-11)9-4-6-12-7-5-9/h4-7,10H,1-3H3. The zero-order chi connectivity index (χ0) is 10.6. The van der Waals surface area contributed by atoms with Gasteiger partial charge in [-0.2, -0.15) is 5.26 Å². The molecule has 0 aliphatic carbocycles. The molecule has 1 heterocycles. The highest BCUT2D eigenvalue weighted by Gasteiger charge is 2.21. The first-order chi connectivity index (χ1) is 6.53. The predicted octanol–water partition coefficient (Wildman–Crippen LogP) is 2.50. The summed E-state index contributed by atoms with van der Waals surface area (Å²) in [4.78, 5) is 3.90. The molecule has 1 aromatic rings. The van der Waals surface area contributed by atoms with Crippen molar-refractivity contribution in [1.82, 2.24) is 4.98 Å².